The Hall–Kier alpha value is -0.200. The molecule has 0 heterocycles. The van der Waals surface area contributed by atoms with Gasteiger partial charge in [0.05, 0.1) is 45.7 Å². The number of methoxy groups -OCH3 is 1. The van der Waals surface area contributed by atoms with E-state index in [1.807, 2.05) is 7.05 Å². The monoisotopic (exact) mass is 261 g/mol. The minimum Gasteiger partial charge on any atom is -0.382 e. The van der Waals surface area contributed by atoms with Crippen LogP contribution in [-0.2, 0) is 18.9 Å². The van der Waals surface area contributed by atoms with Gasteiger partial charge in [0.25, 0.3) is 0 Å². The molecule has 0 atom stereocenters. The van der Waals surface area contributed by atoms with Gasteiger partial charge in [0.2, 0.25) is 0 Å². The normalized spacial score (nSPS) is 23.0. The molecule has 1 N–H and O–H groups in total. The van der Waals surface area contributed by atoms with Crippen LogP contribution in [0, 0.1) is 5.92 Å². The van der Waals surface area contributed by atoms with Crippen LogP contribution in [0.2, 0.25) is 0 Å². The molecule has 0 aromatic rings. The maximum atomic E-state index is 5.69. The summed E-state index contributed by atoms with van der Waals surface area (Å²) in [5.41, 5.74) is 0. The maximum absolute atomic E-state index is 5.69. The minimum atomic E-state index is 0.449. The van der Waals surface area contributed by atoms with Gasteiger partial charge < -0.3 is 24.3 Å². The predicted molar refractivity (Wildman–Crippen MR) is 69.9 cm³/mol. The van der Waals surface area contributed by atoms with Crippen molar-refractivity contribution in [2.24, 2.45) is 5.92 Å². The molecular formula is C13H27NO4. The first-order valence-electron chi connectivity index (χ1n) is 6.77. The molecule has 1 saturated carbocycles. The summed E-state index contributed by atoms with van der Waals surface area (Å²) in [5.74, 6) is 0.801. The molecule has 1 aliphatic carbocycles. The highest BCUT2D eigenvalue weighted by Gasteiger charge is 2.28. The fourth-order valence-electron chi connectivity index (χ4n) is 2.00. The molecule has 1 fully saturated rings. The van der Waals surface area contributed by atoms with E-state index in [9.17, 15) is 0 Å². The molecule has 0 bridgehead atoms. The zero-order valence-electron chi connectivity index (χ0n) is 11.7. The van der Waals surface area contributed by atoms with Crippen molar-refractivity contribution in [2.45, 2.75) is 18.9 Å². The number of rotatable bonds is 12. The van der Waals surface area contributed by atoms with Gasteiger partial charge in [-0.2, -0.15) is 0 Å². The first-order chi connectivity index (χ1) is 8.86. The molecule has 0 spiro atoms. The summed E-state index contributed by atoms with van der Waals surface area (Å²) >= 11 is 0. The van der Waals surface area contributed by atoms with E-state index < -0.39 is 0 Å². The molecule has 108 valence electrons. The summed E-state index contributed by atoms with van der Waals surface area (Å²) in [6.45, 7) is 4.96. The van der Waals surface area contributed by atoms with E-state index >= 15 is 0 Å². The summed E-state index contributed by atoms with van der Waals surface area (Å²) < 4.78 is 21.2. The fraction of sp³-hybridized carbons (Fsp3) is 1.00. The van der Waals surface area contributed by atoms with Crippen LogP contribution in [0.3, 0.4) is 0 Å². The minimum absolute atomic E-state index is 0.449. The van der Waals surface area contributed by atoms with Crippen molar-refractivity contribution in [3.63, 3.8) is 0 Å². The van der Waals surface area contributed by atoms with Gasteiger partial charge in [-0.15, -0.1) is 0 Å². The third-order valence-corrected chi connectivity index (χ3v) is 3.07. The van der Waals surface area contributed by atoms with Gasteiger partial charge >= 0.3 is 0 Å². The Labute approximate surface area is 110 Å². The van der Waals surface area contributed by atoms with Crippen molar-refractivity contribution < 1.29 is 18.9 Å². The Kier molecular flexibility index (Phi) is 9.42. The molecule has 1 aliphatic rings. The molecule has 0 radical (unpaired) electrons. The standard InChI is InChI=1S/C13H27NO4/c1-14-11-12-9-13(10-12)18-8-7-17-6-5-16-4-3-15-2/h12-14H,3-11H2,1-2H3. The molecule has 0 aliphatic heterocycles. The van der Waals surface area contributed by atoms with E-state index in [0.717, 1.165) is 12.5 Å². The number of nitrogens with one attached hydrogen (secondary N) is 1. The van der Waals surface area contributed by atoms with Gasteiger partial charge in [0.1, 0.15) is 0 Å². The summed E-state index contributed by atoms with van der Waals surface area (Å²) in [5, 5.41) is 3.19. The first kappa shape index (κ1) is 15.9. The van der Waals surface area contributed by atoms with Gasteiger partial charge in [-0.1, -0.05) is 0 Å². The average Bonchev–Trinajstić information content (AvgIpc) is 2.33. The van der Waals surface area contributed by atoms with Crippen molar-refractivity contribution in [3.05, 3.63) is 0 Å². The molecule has 5 nitrogen and oxygen atoms in total. The van der Waals surface area contributed by atoms with Crippen molar-refractivity contribution in [1.29, 1.82) is 0 Å². The van der Waals surface area contributed by atoms with Crippen LogP contribution in [0.15, 0.2) is 0 Å². The summed E-state index contributed by atoms with van der Waals surface area (Å²) in [7, 11) is 3.66. The molecule has 18 heavy (non-hydrogen) atoms. The third kappa shape index (κ3) is 7.28. The van der Waals surface area contributed by atoms with E-state index in [4.69, 9.17) is 18.9 Å². The van der Waals surface area contributed by atoms with Crippen molar-refractivity contribution >= 4 is 0 Å². The molecule has 0 unspecified atom stereocenters. The molecule has 0 aromatic carbocycles. The zero-order chi connectivity index (χ0) is 13.1. The average molecular weight is 261 g/mol. The molecule has 0 amide bonds. The topological polar surface area (TPSA) is 49.0 Å². The smallest absolute Gasteiger partial charge is 0.0704 e. The molecular weight excluding hydrogens is 234 g/mol. The SMILES string of the molecule is CNCC1CC(OCCOCCOCCOC)C1. The van der Waals surface area contributed by atoms with Gasteiger partial charge in [-0.05, 0) is 32.4 Å². The van der Waals surface area contributed by atoms with Gasteiger partial charge in [0, 0.05) is 7.11 Å². The van der Waals surface area contributed by atoms with E-state index in [1.54, 1.807) is 7.11 Å². The Morgan fingerprint density at radius 1 is 0.944 bits per heavy atom. The van der Waals surface area contributed by atoms with Crippen LogP contribution in [-0.4, -0.2) is 66.4 Å². The first-order valence-corrected chi connectivity index (χ1v) is 6.77. The third-order valence-electron chi connectivity index (χ3n) is 3.07. The van der Waals surface area contributed by atoms with Crippen LogP contribution >= 0.6 is 0 Å². The highest BCUT2D eigenvalue weighted by molar-refractivity contribution is 4.81. The van der Waals surface area contributed by atoms with Crippen molar-refractivity contribution in [1.82, 2.24) is 5.32 Å². The lowest BCUT2D eigenvalue weighted by Gasteiger charge is -2.34. The second-order valence-electron chi connectivity index (χ2n) is 4.61. The number of ether oxygens (including phenoxy) is 4. The van der Waals surface area contributed by atoms with E-state index in [-0.39, 0.29) is 0 Å². The summed E-state index contributed by atoms with van der Waals surface area (Å²) in [6, 6.07) is 0. The van der Waals surface area contributed by atoms with Crippen LogP contribution in [0.25, 0.3) is 0 Å². The van der Waals surface area contributed by atoms with E-state index in [2.05, 4.69) is 5.32 Å². The Bertz CT molecular complexity index is 186. The van der Waals surface area contributed by atoms with Crippen molar-refractivity contribution in [3.8, 4) is 0 Å². The Balaban J connectivity index is 1.72. The predicted octanol–water partition coefficient (Wildman–Crippen LogP) is 0.681. The molecule has 0 saturated heterocycles. The van der Waals surface area contributed by atoms with Crippen LogP contribution in [0.5, 0.6) is 0 Å². The molecule has 5 heteroatoms. The Morgan fingerprint density at radius 2 is 1.56 bits per heavy atom. The summed E-state index contributed by atoms with van der Waals surface area (Å²) in [4.78, 5) is 0. The highest BCUT2D eigenvalue weighted by atomic mass is 16.6. The van der Waals surface area contributed by atoms with Gasteiger partial charge in [-0.3, -0.25) is 0 Å². The molecule has 1 rings (SSSR count). The maximum Gasteiger partial charge on any atom is 0.0704 e. The second-order valence-corrected chi connectivity index (χ2v) is 4.61. The second kappa shape index (κ2) is 10.7. The number of hydrogen-bond donors (Lipinski definition) is 1. The summed E-state index contributed by atoms with van der Waals surface area (Å²) in [6.07, 6.45) is 2.81. The van der Waals surface area contributed by atoms with Crippen LogP contribution in [0.1, 0.15) is 12.8 Å². The lowest BCUT2D eigenvalue weighted by molar-refractivity contribution is -0.0577. The van der Waals surface area contributed by atoms with E-state index in [1.165, 1.54) is 12.8 Å². The van der Waals surface area contributed by atoms with E-state index in [0.29, 0.717) is 45.7 Å². The largest absolute Gasteiger partial charge is 0.382 e. The molecule has 0 aromatic heterocycles. The highest BCUT2D eigenvalue weighted by Crippen LogP contribution is 2.29. The van der Waals surface area contributed by atoms with Gasteiger partial charge in [-0.25, -0.2) is 0 Å². The van der Waals surface area contributed by atoms with Crippen LogP contribution < -0.4 is 5.32 Å². The zero-order valence-corrected chi connectivity index (χ0v) is 11.7. The quantitative estimate of drug-likeness (QED) is 0.524. The number of hydrogen-bond acceptors (Lipinski definition) is 5. The lowest BCUT2D eigenvalue weighted by atomic mass is 9.82. The van der Waals surface area contributed by atoms with Crippen molar-refractivity contribution in [2.75, 3.05) is 60.3 Å². The van der Waals surface area contributed by atoms with Crippen LogP contribution in [0.4, 0.5) is 0 Å². The fourth-order valence-corrected chi connectivity index (χ4v) is 2.00. The lowest BCUT2D eigenvalue weighted by Crippen LogP contribution is -2.37. The Morgan fingerprint density at radius 3 is 2.17 bits per heavy atom. The van der Waals surface area contributed by atoms with Gasteiger partial charge in [0.15, 0.2) is 0 Å².